The summed E-state index contributed by atoms with van der Waals surface area (Å²) in [6.07, 6.45) is -4.39. The first-order valence-corrected chi connectivity index (χ1v) is 7.66. The summed E-state index contributed by atoms with van der Waals surface area (Å²) in [6, 6.07) is 10.1. The molecule has 0 atom stereocenters. The average molecular weight is 398 g/mol. The van der Waals surface area contributed by atoms with Gasteiger partial charge in [0.2, 0.25) is 0 Å². The van der Waals surface area contributed by atoms with Crippen LogP contribution in [0.15, 0.2) is 46.9 Å². The number of methoxy groups -OCH3 is 1. The van der Waals surface area contributed by atoms with E-state index in [-0.39, 0.29) is 0 Å². The fraction of sp³-hybridized carbons (Fsp3) is 0.118. The van der Waals surface area contributed by atoms with E-state index >= 15 is 0 Å². The number of ether oxygens (including phenoxy) is 1. The summed E-state index contributed by atoms with van der Waals surface area (Å²) in [4.78, 5) is 14.8. The van der Waals surface area contributed by atoms with E-state index in [1.165, 1.54) is 13.2 Å². The van der Waals surface area contributed by atoms with Gasteiger partial charge in [0.25, 0.3) is 0 Å². The molecular formula is C17H11BrF3NO2. The topological polar surface area (TPSA) is 42.1 Å². The van der Waals surface area contributed by atoms with Crippen molar-refractivity contribution in [3.05, 3.63) is 58.1 Å². The van der Waals surface area contributed by atoms with Gasteiger partial charge in [-0.05, 0) is 48.0 Å². The minimum Gasteiger partial charge on any atom is -0.465 e. The molecule has 1 heterocycles. The molecule has 1 aromatic heterocycles. The number of alkyl halides is 3. The van der Waals surface area contributed by atoms with Crippen LogP contribution in [0, 0.1) is 0 Å². The monoisotopic (exact) mass is 397 g/mol. The number of aromatic nitrogens is 1. The number of hydrogen-bond donors (Lipinski definition) is 1. The molecule has 0 aliphatic heterocycles. The highest BCUT2D eigenvalue weighted by atomic mass is 79.9. The molecular weight excluding hydrogens is 387 g/mol. The second-order valence-corrected chi connectivity index (χ2v) is 6.12. The Hall–Kier alpha value is -2.28. The molecule has 0 saturated carbocycles. The smallest absolute Gasteiger partial charge is 0.416 e. The van der Waals surface area contributed by atoms with Gasteiger partial charge in [0.1, 0.15) is 0 Å². The van der Waals surface area contributed by atoms with Crippen LogP contribution in [-0.4, -0.2) is 18.1 Å². The van der Waals surface area contributed by atoms with Gasteiger partial charge < -0.3 is 9.72 Å². The molecule has 24 heavy (non-hydrogen) atoms. The number of H-pyrrole nitrogens is 1. The third-order valence-corrected chi connectivity index (χ3v) is 4.04. The lowest BCUT2D eigenvalue weighted by Gasteiger charge is -2.05. The van der Waals surface area contributed by atoms with Crippen molar-refractivity contribution in [1.29, 1.82) is 0 Å². The molecule has 0 amide bonds. The molecule has 124 valence electrons. The Morgan fingerprint density at radius 1 is 1.12 bits per heavy atom. The fourth-order valence-electron chi connectivity index (χ4n) is 2.45. The van der Waals surface area contributed by atoms with Gasteiger partial charge in [0.15, 0.2) is 0 Å². The van der Waals surface area contributed by atoms with Crippen LogP contribution in [0.5, 0.6) is 0 Å². The molecule has 0 aliphatic carbocycles. The second kappa shape index (κ2) is 5.98. The number of aromatic amines is 1. The Bertz CT molecular complexity index is 931. The van der Waals surface area contributed by atoms with Gasteiger partial charge in [0, 0.05) is 21.1 Å². The molecule has 0 fully saturated rings. The van der Waals surface area contributed by atoms with Crippen LogP contribution in [0.25, 0.3) is 22.2 Å². The molecule has 1 N–H and O–H groups in total. The first kappa shape index (κ1) is 16.6. The minimum absolute atomic E-state index is 0.344. The Morgan fingerprint density at radius 2 is 1.88 bits per heavy atom. The summed E-state index contributed by atoms with van der Waals surface area (Å²) in [5.74, 6) is -0.493. The van der Waals surface area contributed by atoms with Gasteiger partial charge in [0.05, 0.1) is 18.2 Å². The normalized spacial score (nSPS) is 11.7. The summed E-state index contributed by atoms with van der Waals surface area (Å²) < 4.78 is 43.8. The lowest BCUT2D eigenvalue weighted by Crippen LogP contribution is -2.03. The van der Waals surface area contributed by atoms with E-state index in [4.69, 9.17) is 4.74 Å². The number of hydrogen-bond acceptors (Lipinski definition) is 2. The van der Waals surface area contributed by atoms with Crippen molar-refractivity contribution < 1.29 is 22.7 Å². The van der Waals surface area contributed by atoms with E-state index in [1.54, 1.807) is 24.3 Å². The van der Waals surface area contributed by atoms with Gasteiger partial charge in [-0.3, -0.25) is 0 Å². The highest BCUT2D eigenvalue weighted by molar-refractivity contribution is 9.10. The molecule has 0 spiro atoms. The molecule has 7 heteroatoms. The fourth-order valence-corrected chi connectivity index (χ4v) is 2.94. The summed E-state index contributed by atoms with van der Waals surface area (Å²) in [5.41, 5.74) is 1.49. The van der Waals surface area contributed by atoms with Crippen molar-refractivity contribution in [2.24, 2.45) is 0 Å². The van der Waals surface area contributed by atoms with E-state index in [0.29, 0.717) is 32.2 Å². The molecule has 2 aromatic carbocycles. The number of esters is 1. The molecule has 0 aliphatic rings. The standard InChI is InChI=1S/C17H11BrF3NO2/c1-24-16(23)11-4-9(6-13(18)7-11)15-8-10-5-12(17(19,20)21)2-3-14(10)22-15/h2-8,22H,1H3. The molecule has 3 aromatic rings. The van der Waals surface area contributed by atoms with Crippen LogP contribution in [0.4, 0.5) is 13.2 Å². The number of carbonyl (C=O) groups excluding carboxylic acids is 1. The number of rotatable bonds is 2. The summed E-state index contributed by atoms with van der Waals surface area (Å²) >= 11 is 3.32. The maximum absolute atomic E-state index is 12.8. The zero-order valence-corrected chi connectivity index (χ0v) is 14.0. The molecule has 3 rings (SSSR count). The lowest BCUT2D eigenvalue weighted by atomic mass is 10.1. The maximum atomic E-state index is 12.8. The van der Waals surface area contributed by atoms with Crippen molar-refractivity contribution in [3.8, 4) is 11.3 Å². The quantitative estimate of drug-likeness (QED) is 0.588. The van der Waals surface area contributed by atoms with E-state index < -0.39 is 17.7 Å². The SMILES string of the molecule is COC(=O)c1cc(Br)cc(-c2cc3cc(C(F)(F)F)ccc3[nH]2)c1. The Morgan fingerprint density at radius 3 is 2.54 bits per heavy atom. The number of benzene rings is 2. The third kappa shape index (κ3) is 3.17. The van der Waals surface area contributed by atoms with Crippen LogP contribution in [0.2, 0.25) is 0 Å². The van der Waals surface area contributed by atoms with Crippen molar-refractivity contribution in [2.45, 2.75) is 6.18 Å². The largest absolute Gasteiger partial charge is 0.465 e. The first-order valence-electron chi connectivity index (χ1n) is 6.87. The zero-order valence-electron chi connectivity index (χ0n) is 12.4. The summed E-state index contributed by atoms with van der Waals surface area (Å²) in [5, 5.41) is 0.444. The average Bonchev–Trinajstić information content (AvgIpc) is 2.95. The second-order valence-electron chi connectivity index (χ2n) is 5.20. The third-order valence-electron chi connectivity index (χ3n) is 3.58. The van der Waals surface area contributed by atoms with Crippen molar-refractivity contribution in [1.82, 2.24) is 4.98 Å². The van der Waals surface area contributed by atoms with Crippen LogP contribution in [0.3, 0.4) is 0 Å². The predicted octanol–water partition coefficient (Wildman–Crippen LogP) is 5.40. The highest BCUT2D eigenvalue weighted by Gasteiger charge is 2.30. The van der Waals surface area contributed by atoms with E-state index in [9.17, 15) is 18.0 Å². The number of carbonyl (C=O) groups is 1. The van der Waals surface area contributed by atoms with Crippen LogP contribution >= 0.6 is 15.9 Å². The van der Waals surface area contributed by atoms with E-state index in [1.807, 2.05) is 0 Å². The minimum atomic E-state index is -4.39. The highest BCUT2D eigenvalue weighted by Crippen LogP contribution is 2.33. The van der Waals surface area contributed by atoms with E-state index in [0.717, 1.165) is 12.1 Å². The predicted molar refractivity (Wildman–Crippen MR) is 87.8 cm³/mol. The Labute approximate surface area is 143 Å². The lowest BCUT2D eigenvalue weighted by molar-refractivity contribution is -0.137. The van der Waals surface area contributed by atoms with Crippen LogP contribution < -0.4 is 0 Å². The number of nitrogens with one attached hydrogen (secondary N) is 1. The Kier molecular flexibility index (Phi) is 4.13. The zero-order chi connectivity index (χ0) is 17.5. The van der Waals surface area contributed by atoms with Gasteiger partial charge in [-0.25, -0.2) is 4.79 Å². The number of fused-ring (bicyclic) bond motifs is 1. The summed E-state index contributed by atoms with van der Waals surface area (Å²) in [6.45, 7) is 0. The number of halogens is 4. The van der Waals surface area contributed by atoms with Gasteiger partial charge in [-0.15, -0.1) is 0 Å². The van der Waals surface area contributed by atoms with E-state index in [2.05, 4.69) is 20.9 Å². The maximum Gasteiger partial charge on any atom is 0.416 e. The molecule has 0 bridgehead atoms. The van der Waals surface area contributed by atoms with Crippen LogP contribution in [0.1, 0.15) is 15.9 Å². The molecule has 3 nitrogen and oxygen atoms in total. The molecule has 0 radical (unpaired) electrons. The molecule has 0 saturated heterocycles. The van der Waals surface area contributed by atoms with Gasteiger partial charge in [-0.2, -0.15) is 13.2 Å². The first-order chi connectivity index (χ1) is 11.3. The Balaban J connectivity index is 2.10. The van der Waals surface area contributed by atoms with Crippen molar-refractivity contribution in [2.75, 3.05) is 7.11 Å². The van der Waals surface area contributed by atoms with Gasteiger partial charge in [-0.1, -0.05) is 15.9 Å². The molecule has 0 unspecified atom stereocenters. The van der Waals surface area contributed by atoms with Crippen molar-refractivity contribution in [3.63, 3.8) is 0 Å². The van der Waals surface area contributed by atoms with Crippen molar-refractivity contribution >= 4 is 32.8 Å². The summed E-state index contributed by atoms with van der Waals surface area (Å²) in [7, 11) is 1.28. The van der Waals surface area contributed by atoms with Gasteiger partial charge >= 0.3 is 12.1 Å². The van der Waals surface area contributed by atoms with Crippen LogP contribution in [-0.2, 0) is 10.9 Å².